The van der Waals surface area contributed by atoms with E-state index in [0.29, 0.717) is 19.3 Å². The molecule has 1 aliphatic rings. The van der Waals surface area contributed by atoms with E-state index in [9.17, 15) is 40.5 Å². The molecule has 11 heteroatoms. The van der Waals surface area contributed by atoms with Gasteiger partial charge in [-0.2, -0.15) is 0 Å². The second-order valence-corrected chi connectivity index (χ2v) is 19.3. The van der Waals surface area contributed by atoms with Crippen LogP contribution in [-0.2, 0) is 14.3 Å². The van der Waals surface area contributed by atoms with Crippen LogP contribution in [0.15, 0.2) is 48.6 Å². The van der Waals surface area contributed by atoms with Crippen LogP contribution in [0.25, 0.3) is 0 Å². The Morgan fingerprint density at radius 3 is 1.33 bits per heavy atom. The number of nitrogens with one attached hydrogen (secondary N) is 1. The lowest BCUT2D eigenvalue weighted by atomic mass is 9.98. The number of aliphatic hydroxyl groups is 7. The van der Waals surface area contributed by atoms with E-state index in [0.717, 1.165) is 44.9 Å². The van der Waals surface area contributed by atoms with Crippen LogP contribution in [0.5, 0.6) is 0 Å². The third kappa shape index (κ3) is 34.1. The molecule has 1 rings (SSSR count). The Morgan fingerprint density at radius 2 is 0.896 bits per heavy atom. The molecule has 0 aromatic rings. The molecular weight excluding hydrogens is 847 g/mol. The Hall–Kier alpha value is -1.93. The Morgan fingerprint density at radius 1 is 0.507 bits per heavy atom. The smallest absolute Gasteiger partial charge is 0.249 e. The van der Waals surface area contributed by atoms with Crippen LogP contribution in [0.2, 0.25) is 0 Å². The van der Waals surface area contributed by atoms with E-state index in [1.54, 1.807) is 0 Å². The predicted molar refractivity (Wildman–Crippen MR) is 275 cm³/mol. The predicted octanol–water partition coefficient (Wildman–Crippen LogP) is 10.9. The summed E-state index contributed by atoms with van der Waals surface area (Å²) in [5, 5.41) is 75.8. The summed E-state index contributed by atoms with van der Waals surface area (Å²) in [4.78, 5) is 13.1. The largest absolute Gasteiger partial charge is 0.394 e. The van der Waals surface area contributed by atoms with Crippen molar-refractivity contribution in [3.63, 3.8) is 0 Å². The maximum absolute atomic E-state index is 13.1. The molecule has 0 saturated carbocycles. The first kappa shape index (κ1) is 63.1. The number of carbonyl (C=O) groups excluding carboxylic acids is 1. The van der Waals surface area contributed by atoms with Crippen LogP contribution < -0.4 is 5.32 Å². The summed E-state index contributed by atoms with van der Waals surface area (Å²) in [5.41, 5.74) is 0. The lowest BCUT2D eigenvalue weighted by molar-refractivity contribution is -0.303. The lowest BCUT2D eigenvalue weighted by Gasteiger charge is -2.40. The van der Waals surface area contributed by atoms with E-state index in [1.807, 2.05) is 0 Å². The van der Waals surface area contributed by atoms with Crippen LogP contribution in [0.4, 0.5) is 0 Å². The van der Waals surface area contributed by atoms with Gasteiger partial charge in [0.05, 0.1) is 25.4 Å². The maximum atomic E-state index is 13.1. The summed E-state index contributed by atoms with van der Waals surface area (Å²) in [6, 6.07) is -1.20. The number of hydrogen-bond donors (Lipinski definition) is 8. The number of hydrogen-bond acceptors (Lipinski definition) is 10. The van der Waals surface area contributed by atoms with Crippen LogP contribution in [0.3, 0.4) is 0 Å². The molecule has 1 fully saturated rings. The van der Waals surface area contributed by atoms with Crippen molar-refractivity contribution >= 4 is 5.91 Å². The highest BCUT2D eigenvalue weighted by Gasteiger charge is 2.44. The highest BCUT2D eigenvalue weighted by atomic mass is 16.7. The molecule has 0 aliphatic carbocycles. The van der Waals surface area contributed by atoms with Crippen molar-refractivity contribution in [1.29, 1.82) is 0 Å². The Labute approximate surface area is 409 Å². The van der Waals surface area contributed by atoms with Gasteiger partial charge in [-0.05, 0) is 89.9 Å². The second-order valence-electron chi connectivity index (χ2n) is 19.3. The maximum Gasteiger partial charge on any atom is 0.249 e. The van der Waals surface area contributed by atoms with Crippen molar-refractivity contribution in [3.05, 3.63) is 48.6 Å². The average Bonchev–Trinajstić information content (AvgIpc) is 3.33. The van der Waals surface area contributed by atoms with Crippen molar-refractivity contribution in [2.24, 2.45) is 0 Å². The number of unbranched alkanes of at least 4 members (excludes halogenated alkanes) is 26. The minimum absolute atomic E-state index is 0.217. The highest BCUT2D eigenvalue weighted by Crippen LogP contribution is 2.23. The first-order valence-electron chi connectivity index (χ1n) is 27.5. The van der Waals surface area contributed by atoms with Crippen molar-refractivity contribution in [2.75, 3.05) is 13.2 Å². The minimum Gasteiger partial charge on any atom is -0.394 e. The molecule has 1 heterocycles. The van der Waals surface area contributed by atoms with Gasteiger partial charge in [0, 0.05) is 0 Å². The number of carbonyl (C=O) groups is 1. The third-order valence-corrected chi connectivity index (χ3v) is 13.1. The first-order chi connectivity index (χ1) is 32.7. The molecule has 9 unspecified atom stereocenters. The minimum atomic E-state index is -1.68. The molecule has 0 spiro atoms. The fourth-order valence-corrected chi connectivity index (χ4v) is 8.53. The molecule has 0 aromatic carbocycles. The van der Waals surface area contributed by atoms with Crippen LogP contribution >= 0.6 is 0 Å². The molecule has 0 aromatic heterocycles. The SMILES string of the molecule is CCCCCCCC/C=C\CCCCC(O)C(=O)NC(COC1OC(CO)C(O)C(O)C1O)C(O)C(O)CCC/C=C/CC/C=C/CC/C=C/CCCCCCCCCCCCCCCCC. The molecule has 9 atom stereocenters. The number of aliphatic hydroxyl groups excluding tert-OH is 7. The van der Waals surface area contributed by atoms with Gasteiger partial charge in [0.1, 0.15) is 36.6 Å². The second kappa shape index (κ2) is 45.2. The third-order valence-electron chi connectivity index (χ3n) is 13.1. The Balaban J connectivity index is 2.34. The zero-order valence-corrected chi connectivity index (χ0v) is 42.6. The van der Waals surface area contributed by atoms with E-state index in [-0.39, 0.29) is 12.8 Å². The van der Waals surface area contributed by atoms with Gasteiger partial charge < -0.3 is 50.5 Å². The molecule has 8 N–H and O–H groups in total. The van der Waals surface area contributed by atoms with E-state index in [4.69, 9.17) is 9.47 Å². The molecule has 1 saturated heterocycles. The first-order valence-corrected chi connectivity index (χ1v) is 27.5. The molecule has 1 amide bonds. The normalized spacial score (nSPS) is 21.0. The molecule has 0 bridgehead atoms. The Kier molecular flexibility index (Phi) is 42.6. The van der Waals surface area contributed by atoms with Gasteiger partial charge in [0.2, 0.25) is 5.91 Å². The van der Waals surface area contributed by atoms with Crippen LogP contribution in [0, 0.1) is 0 Å². The van der Waals surface area contributed by atoms with Gasteiger partial charge in [-0.15, -0.1) is 0 Å². The lowest BCUT2D eigenvalue weighted by Crippen LogP contribution is -2.60. The van der Waals surface area contributed by atoms with Gasteiger partial charge in [-0.3, -0.25) is 4.79 Å². The van der Waals surface area contributed by atoms with Gasteiger partial charge in [0.25, 0.3) is 0 Å². The number of amides is 1. The monoisotopic (exact) mass is 950 g/mol. The van der Waals surface area contributed by atoms with Crippen molar-refractivity contribution in [2.45, 2.75) is 287 Å². The van der Waals surface area contributed by atoms with E-state index >= 15 is 0 Å². The van der Waals surface area contributed by atoms with Gasteiger partial charge >= 0.3 is 0 Å². The Bertz CT molecular complexity index is 1230. The van der Waals surface area contributed by atoms with Crippen LogP contribution in [0.1, 0.15) is 232 Å². The fraction of sp³-hybridized carbons (Fsp3) is 0.839. The van der Waals surface area contributed by atoms with Crippen molar-refractivity contribution in [3.8, 4) is 0 Å². The average molecular weight is 950 g/mol. The molecule has 67 heavy (non-hydrogen) atoms. The highest BCUT2D eigenvalue weighted by molar-refractivity contribution is 5.80. The zero-order chi connectivity index (χ0) is 49.0. The summed E-state index contributed by atoms with van der Waals surface area (Å²) < 4.78 is 11.1. The molecule has 0 radical (unpaired) electrons. The quantitative estimate of drug-likeness (QED) is 0.0215. The topological polar surface area (TPSA) is 189 Å². The summed E-state index contributed by atoms with van der Waals surface area (Å²) in [5.74, 6) is -0.730. The molecule has 392 valence electrons. The van der Waals surface area contributed by atoms with Crippen LogP contribution in [-0.4, -0.2) is 110 Å². The molecule has 11 nitrogen and oxygen atoms in total. The molecular formula is C56H103NO10. The standard InChI is InChI=1S/C56H103NO10/c1-3-5-7-9-11-13-15-17-18-19-20-21-22-23-24-25-26-27-28-29-30-31-32-34-35-37-39-41-43-48(59)51(61)47(46-66-56-54(64)53(63)52(62)50(45-58)67-56)57-55(65)49(60)44-42-40-38-36-33-16-14-12-10-8-6-4-2/h26-27,30-31,33,35-37,47-54,56,58-64H,3-25,28-29,32,34,38-46H2,1-2H3,(H,57,65)/b27-26+,31-30+,36-33-,37-35+. The van der Waals surface area contributed by atoms with Crippen molar-refractivity contribution < 1.29 is 50.0 Å². The number of rotatable bonds is 46. The van der Waals surface area contributed by atoms with E-state index < -0.39 is 74.2 Å². The van der Waals surface area contributed by atoms with Gasteiger partial charge in [0.15, 0.2) is 6.29 Å². The summed E-state index contributed by atoms with van der Waals surface area (Å²) in [6.07, 6.45) is 44.7. The van der Waals surface area contributed by atoms with Gasteiger partial charge in [-0.25, -0.2) is 0 Å². The summed E-state index contributed by atoms with van der Waals surface area (Å²) >= 11 is 0. The molecule has 1 aliphatic heterocycles. The fourth-order valence-electron chi connectivity index (χ4n) is 8.53. The number of ether oxygens (including phenoxy) is 2. The number of allylic oxidation sites excluding steroid dienone is 8. The van der Waals surface area contributed by atoms with Gasteiger partial charge in [-0.1, -0.05) is 191 Å². The van der Waals surface area contributed by atoms with Crippen molar-refractivity contribution in [1.82, 2.24) is 5.32 Å². The summed E-state index contributed by atoms with van der Waals surface area (Å²) in [6.45, 7) is 3.40. The van der Waals surface area contributed by atoms with E-state index in [2.05, 4.69) is 67.8 Å². The van der Waals surface area contributed by atoms with E-state index in [1.165, 1.54) is 141 Å². The summed E-state index contributed by atoms with van der Waals surface area (Å²) in [7, 11) is 0. The zero-order valence-electron chi connectivity index (χ0n) is 42.6.